The molecule has 18 N–H and O–H groups in total. The SMILES string of the molecule is C=P(C)(C)CC[C@H]1O[C@@H](n2cnc3c(N)ccnc32)[C@H](C)[C@@H]1O.C=P(C)(C)CC[C@H]1O[C@@H](n2cnc3c(N)ccnc32)[C@H](OC)[C@@H]1O.C=P(C)(C)CC[C@H]1O[C@@H](n2cnc3c(N)nc(CC)nc32)[C@H](O)[C@@H]1O.C=P(C)(C)CC[C@H]1O[C@@H](n2cnc3c(N)nc(CCC)nc32)[C@H](O)[C@@H]1O.C=P(C)(C)CC[C@H]1O[C@@H](n2cnc3c(N)nc(CCCC)nc32)[C@H](O)[C@@H]1O. The number of aliphatic hydroxyl groups excluding tert-OH is 8. The molecule has 42 heteroatoms. The molecule has 5 saturated heterocycles. The number of nitrogens with two attached hydrogens (primary N) is 5. The third kappa shape index (κ3) is 23.7. The van der Waals surface area contributed by atoms with E-state index in [2.05, 4.69) is 170 Å². The van der Waals surface area contributed by atoms with Crippen molar-refractivity contribution in [1.82, 2.24) is 87.6 Å². The van der Waals surface area contributed by atoms with Crippen LogP contribution in [0.1, 0.15) is 128 Å². The van der Waals surface area contributed by atoms with Gasteiger partial charge in [0.15, 0.2) is 70.6 Å². The van der Waals surface area contributed by atoms with E-state index in [0.717, 1.165) is 69.3 Å². The Kier molecular flexibility index (Phi) is 32.2. The van der Waals surface area contributed by atoms with Crippen molar-refractivity contribution < 1.29 is 69.3 Å². The quantitative estimate of drug-likeness (QED) is 0.0240. The number of aromatic nitrogens is 18. The largest absolute Gasteiger partial charge is 0.397 e. The second kappa shape index (κ2) is 40.9. The van der Waals surface area contributed by atoms with E-state index in [1.54, 1.807) is 68.9 Å². The number of pyridine rings is 2. The molecular weight excluding hydrogens is 1700 g/mol. The Bertz CT molecular complexity index is 5580. The number of fused-ring (bicyclic) bond motifs is 5. The molecule has 15 heterocycles. The Morgan fingerprint density at radius 3 is 0.992 bits per heavy atom. The van der Waals surface area contributed by atoms with Crippen LogP contribution in [0.15, 0.2) is 56.2 Å². The molecule has 5 aliphatic rings. The number of nitrogens with zero attached hydrogens (tertiary/aromatic N) is 18. The third-order valence-corrected chi connectivity index (χ3v) is 30.1. The zero-order valence-electron chi connectivity index (χ0n) is 74.8. The first kappa shape index (κ1) is 98.4. The molecule has 0 aliphatic carbocycles. The highest BCUT2D eigenvalue weighted by Gasteiger charge is 2.49. The Morgan fingerprint density at radius 2 is 0.656 bits per heavy atom. The summed E-state index contributed by atoms with van der Waals surface area (Å²) in [6.07, 6.45) is 32.8. The molecule has 5 fully saturated rings. The van der Waals surface area contributed by atoms with E-state index in [-0.39, 0.29) is 24.4 Å². The van der Waals surface area contributed by atoms with Gasteiger partial charge in [-0.2, -0.15) is 0 Å². The number of hydrogen-bond acceptors (Lipinski definition) is 32. The monoisotopic (exact) mass is 1830 g/mol. The lowest BCUT2D eigenvalue weighted by Crippen LogP contribution is -2.33. The fraction of sp³-hybridized carbons (Fsp3) is 0.614. The maximum absolute atomic E-state index is 10.6. The van der Waals surface area contributed by atoms with Crippen LogP contribution in [0.2, 0.25) is 0 Å². The Hall–Kier alpha value is -7.17. The summed E-state index contributed by atoms with van der Waals surface area (Å²) in [4.78, 5) is 56.5. The molecule has 690 valence electrons. The van der Waals surface area contributed by atoms with Crippen LogP contribution in [0, 0.1) is 5.92 Å². The van der Waals surface area contributed by atoms with E-state index in [1.165, 1.54) is 12.7 Å². The lowest BCUT2D eigenvalue weighted by Gasteiger charge is -2.20. The maximum atomic E-state index is 10.6. The average Bonchev–Trinajstić information content (AvgIpc) is 1.65. The summed E-state index contributed by atoms with van der Waals surface area (Å²) in [5.74, 6) is 2.77. The van der Waals surface area contributed by atoms with Gasteiger partial charge in [0, 0.05) is 44.7 Å². The first-order valence-corrected chi connectivity index (χ1v) is 57.7. The highest BCUT2D eigenvalue weighted by Crippen LogP contribution is 2.47. The van der Waals surface area contributed by atoms with E-state index >= 15 is 0 Å². The Labute approximate surface area is 731 Å². The number of ether oxygens (including phenoxy) is 6. The van der Waals surface area contributed by atoms with E-state index in [1.807, 2.05) is 25.3 Å². The molecule has 0 unspecified atom stereocenters. The summed E-state index contributed by atoms with van der Waals surface area (Å²) in [7, 11) is 1.58. The van der Waals surface area contributed by atoms with Crippen LogP contribution in [0.4, 0.5) is 28.8 Å². The normalized spacial score (nSPS) is 27.2. The molecule has 0 amide bonds. The minimum absolute atomic E-state index is 0.0353. The summed E-state index contributed by atoms with van der Waals surface area (Å²) >= 11 is 0. The van der Waals surface area contributed by atoms with Crippen LogP contribution in [0.3, 0.4) is 0 Å². The molecule has 37 nitrogen and oxygen atoms in total. The molecule has 0 radical (unpaired) electrons. The van der Waals surface area contributed by atoms with Crippen molar-refractivity contribution in [2.45, 2.75) is 215 Å². The van der Waals surface area contributed by atoms with Crippen LogP contribution in [-0.2, 0) is 47.7 Å². The van der Waals surface area contributed by atoms with Gasteiger partial charge in [-0.25, -0.2) is 64.8 Å². The second-order valence-corrected chi connectivity index (χ2v) is 58.3. The topological polar surface area (TPSA) is 540 Å². The molecule has 5 aliphatic heterocycles. The van der Waals surface area contributed by atoms with Crippen molar-refractivity contribution >= 4 is 151 Å². The lowest BCUT2D eigenvalue weighted by molar-refractivity contribution is -0.0496. The van der Waals surface area contributed by atoms with Gasteiger partial charge in [-0.1, -0.05) is 34.1 Å². The molecule has 125 heavy (non-hydrogen) atoms. The molecule has 0 spiro atoms. The number of nitrogen functional groups attached to an aromatic ring is 5. The van der Waals surface area contributed by atoms with Gasteiger partial charge >= 0.3 is 0 Å². The smallest absolute Gasteiger partial charge is 0.167 e. The zero-order chi connectivity index (χ0) is 91.4. The van der Waals surface area contributed by atoms with Gasteiger partial charge in [0.25, 0.3) is 0 Å². The van der Waals surface area contributed by atoms with Crippen LogP contribution in [0.5, 0.6) is 0 Å². The molecule has 0 aromatic carbocycles. The standard InChI is InChI=1S/C18H30N5O3P.C17H28N5O3P.C16H26N5O3P.C16H25N4O3P.C16H25N4O2P/c1-5-6-7-12-21-16(19)13-17(22-12)23(10-20-13)18-15(25)14(24)11(26-18)8-9-27(2,3)4;1-5-6-11-20-15(18)12-16(21-11)22(9-19-12)17-14(24)13(23)10(25-17)7-8-26(2,3)4;1-5-10-19-14(17)11-15(20-10)21(8-18-11)16-13(23)12(22)9(24-16)6-7-25(2,3)4;1-22-14-13(21)11(6-8-24(2,3)4)23-16(14)20-9-19-12-10(17)5-7-18-15(12)20;1-10-14(21)12(6-8-23(2,3)4)22-16(10)20-9-19-13-11(17)5-7-18-15(13)20/h10-11,14-15,18,24-25H,2,5-9H2,1,3-4H3,(H2,19,21,22);9-10,13-14,17,23-24H,2,5-8H2,1,3-4H3,(H2,18,20,21);8-9,12-13,16,22-23H,2,5-7H2,1,3-4H3,(H2,17,19,20);5,7,9,11,13-14,16,21H,2,6,8H2,1,3-4H3,(H2,17,18);5,7,9-10,12,14,16,21H,2,6,8H2,1,3-4H3,(H2,17,18)/t11-,14-,15-,18-;10-,13-,14-,17-;9-,12-,13-,16-;11-,13-,14-,16-;10-,12-,14+,16-/m11111/s1. The van der Waals surface area contributed by atoms with Crippen molar-refractivity contribution in [2.75, 3.05) is 133 Å². The number of imidazole rings is 5. The van der Waals surface area contributed by atoms with Crippen molar-refractivity contribution in [1.29, 1.82) is 0 Å². The second-order valence-electron chi connectivity index (χ2n) is 36.8. The minimum Gasteiger partial charge on any atom is -0.397 e. The van der Waals surface area contributed by atoms with Gasteiger partial charge in [0.2, 0.25) is 0 Å². The van der Waals surface area contributed by atoms with E-state index in [0.29, 0.717) is 134 Å². The molecule has 0 saturated carbocycles. The fourth-order valence-electron chi connectivity index (χ4n) is 15.6. The van der Waals surface area contributed by atoms with E-state index < -0.39 is 133 Å². The number of methoxy groups -OCH3 is 1. The molecule has 10 aromatic rings. The summed E-state index contributed by atoms with van der Waals surface area (Å²) in [5.41, 5.74) is 36.6. The first-order valence-electron chi connectivity index (χ1n) is 42.4. The number of aliphatic hydroxyl groups is 8. The van der Waals surface area contributed by atoms with Crippen molar-refractivity contribution in [3.63, 3.8) is 0 Å². The minimum atomic E-state index is -1.24. The van der Waals surface area contributed by atoms with Gasteiger partial charge < -0.3 is 97.9 Å². The van der Waals surface area contributed by atoms with E-state index in [4.69, 9.17) is 57.1 Å². The Morgan fingerprint density at radius 1 is 0.360 bits per heavy atom. The number of hydrogen-bond donors (Lipinski definition) is 13. The number of anilines is 5. The molecule has 0 bridgehead atoms. The predicted molar refractivity (Wildman–Crippen MR) is 510 cm³/mol. The highest BCUT2D eigenvalue weighted by atomic mass is 31.2. The maximum Gasteiger partial charge on any atom is 0.167 e. The summed E-state index contributed by atoms with van der Waals surface area (Å²) in [6.45, 7) is 23.7. The lowest BCUT2D eigenvalue weighted by atomic mass is 10.0. The number of unbranched alkanes of at least 4 members (excludes halogenated alkanes) is 1. The van der Waals surface area contributed by atoms with Gasteiger partial charge in [-0.3, -0.25) is 22.8 Å². The zero-order valence-corrected chi connectivity index (χ0v) is 79.3. The van der Waals surface area contributed by atoms with Crippen LogP contribution in [-0.4, -0.2) is 350 Å². The summed E-state index contributed by atoms with van der Waals surface area (Å²) in [6, 6.07) is 3.44. The molecule has 15 rings (SSSR count). The highest BCUT2D eigenvalue weighted by molar-refractivity contribution is 7.73. The number of aryl methyl sites for hydroxylation is 3. The van der Waals surface area contributed by atoms with Crippen LogP contribution < -0.4 is 28.7 Å². The molecular formula is C83H134N23O14P5. The van der Waals surface area contributed by atoms with Gasteiger partial charge in [0.05, 0.1) is 79.6 Å². The van der Waals surface area contributed by atoms with Crippen molar-refractivity contribution in [3.8, 4) is 0 Å². The Balaban J connectivity index is 0.000000152. The molecule has 10 aromatic heterocycles. The first-order chi connectivity index (χ1) is 58.7. The predicted octanol–water partition coefficient (Wildman–Crippen LogP) is 6.63. The number of rotatable bonds is 27. The summed E-state index contributed by atoms with van der Waals surface area (Å²) < 4.78 is 44.3. The third-order valence-electron chi connectivity index (χ3n) is 22.8. The molecule has 20 atom stereocenters. The average molecular weight is 1830 g/mol. The van der Waals surface area contributed by atoms with Crippen molar-refractivity contribution in [2.24, 2.45) is 5.92 Å². The van der Waals surface area contributed by atoms with Crippen LogP contribution >= 0.6 is 34.4 Å². The van der Waals surface area contributed by atoms with Crippen molar-refractivity contribution in [3.05, 3.63) is 73.6 Å². The summed E-state index contributed by atoms with van der Waals surface area (Å²) in [5, 5.41) is 84.0. The van der Waals surface area contributed by atoms with E-state index in [9.17, 15) is 40.9 Å². The van der Waals surface area contributed by atoms with Gasteiger partial charge in [-0.15, -0.1) is 65.9 Å². The fourth-order valence-corrected chi connectivity index (χ4v) is 20.4. The van der Waals surface area contributed by atoms with Gasteiger partial charge in [0.1, 0.15) is 100 Å². The van der Waals surface area contributed by atoms with Gasteiger partial charge in [-0.05, 0) is 155 Å². The van der Waals surface area contributed by atoms with Crippen LogP contribution in [0.25, 0.3) is 55.8 Å².